The largest absolute Gasteiger partial charge is 0.500 e. The number of hydrogen-bond donors (Lipinski definition) is 0. The van der Waals surface area contributed by atoms with Crippen molar-refractivity contribution in [3.63, 3.8) is 0 Å². The molecule has 0 radical (unpaired) electrons. The van der Waals surface area contributed by atoms with Gasteiger partial charge in [-0.25, -0.2) is 0 Å². The van der Waals surface area contributed by atoms with Crippen LogP contribution in [0.1, 0.15) is 32.3 Å². The Balaban J connectivity index is -0.000000673. The highest BCUT2D eigenvalue weighted by molar-refractivity contribution is 7.18. The molecule has 0 heterocycles. The molecule has 0 spiro atoms. The third-order valence-electron chi connectivity index (χ3n) is 6.65. The zero-order valence-corrected chi connectivity index (χ0v) is 39.4. The number of nitrogens with zero attached hydrogens (tertiary/aromatic N) is 1. The molecule has 2 aromatic carbocycles. The van der Waals surface area contributed by atoms with Gasteiger partial charge in [0, 0.05) is 67.0 Å². The first kappa shape index (κ1) is 53.0. The second kappa shape index (κ2) is 27.3. The van der Waals surface area contributed by atoms with E-state index < -0.39 is 40.6 Å². The summed E-state index contributed by atoms with van der Waals surface area (Å²) in [6.45, 7) is 20.7. The summed E-state index contributed by atoms with van der Waals surface area (Å²) in [4.78, 5) is 0. The van der Waals surface area contributed by atoms with Gasteiger partial charge in [0.15, 0.2) is 0 Å². The van der Waals surface area contributed by atoms with E-state index in [9.17, 15) is 0 Å². The van der Waals surface area contributed by atoms with Crippen LogP contribution in [-0.2, 0) is 33.0 Å². The van der Waals surface area contributed by atoms with Crippen molar-refractivity contribution in [2.24, 2.45) is 0 Å². The molecule has 49 heavy (non-hydrogen) atoms. The molecule has 14 heteroatoms. The molecule has 2 rings (SSSR count). The van der Waals surface area contributed by atoms with Gasteiger partial charge in [0.25, 0.3) is 0 Å². The number of rotatable bonds is 17. The van der Waals surface area contributed by atoms with Crippen molar-refractivity contribution in [2.75, 3.05) is 53.8 Å². The molecule has 0 aliphatic heterocycles. The molecule has 0 aromatic heterocycles. The fraction of sp³-hybridized carbons (Fsp3) is 0.657. The van der Waals surface area contributed by atoms with Crippen LogP contribution in [-0.4, -0.2) is 89.8 Å². The van der Waals surface area contributed by atoms with Crippen molar-refractivity contribution in [3.05, 3.63) is 66.2 Å². The van der Waals surface area contributed by atoms with E-state index in [2.05, 4.69) is 118 Å². The third kappa shape index (κ3) is 28.9. The van der Waals surface area contributed by atoms with Crippen LogP contribution in [0, 0.1) is 0 Å². The van der Waals surface area contributed by atoms with Gasteiger partial charge in [0.1, 0.15) is 23.0 Å². The SMILES string of the molecule is C.CO[Si](CCCCc1ccccc1)(OC)OC.CO[Si](CCCN(c1ccccc1)[Si](C)(C)C)(OC)OC.C[Si](C)(C)Cl.C[Si](C)(C)Cl. The molecular formula is C35H73Cl2NO6Si5. The number of aryl methyl sites for hydroxylation is 1. The van der Waals surface area contributed by atoms with Gasteiger partial charge in [-0.15, -0.1) is 0 Å². The number of unbranched alkanes of at least 4 members (excludes halogenated alkanes) is 1. The Labute approximate surface area is 317 Å². The number of anilines is 1. The van der Waals surface area contributed by atoms with E-state index in [1.54, 1.807) is 42.7 Å². The van der Waals surface area contributed by atoms with Crippen LogP contribution in [0.4, 0.5) is 5.69 Å². The first-order chi connectivity index (χ1) is 22.1. The van der Waals surface area contributed by atoms with Gasteiger partial charge in [-0.05, 0) is 43.4 Å². The molecule has 7 nitrogen and oxygen atoms in total. The van der Waals surface area contributed by atoms with Gasteiger partial charge < -0.3 is 31.1 Å². The van der Waals surface area contributed by atoms with Gasteiger partial charge in [-0.3, -0.25) is 0 Å². The fourth-order valence-electron chi connectivity index (χ4n) is 4.34. The Morgan fingerprint density at radius 2 is 0.837 bits per heavy atom. The maximum atomic E-state index is 5.67. The molecule has 0 bridgehead atoms. The normalized spacial score (nSPS) is 11.9. The minimum absolute atomic E-state index is 0. The fourth-order valence-corrected chi connectivity index (χ4v) is 9.59. The van der Waals surface area contributed by atoms with E-state index in [4.69, 9.17) is 48.7 Å². The minimum atomic E-state index is -2.46. The Hall–Kier alpha value is -0.336. The lowest BCUT2D eigenvalue weighted by Gasteiger charge is -2.37. The summed E-state index contributed by atoms with van der Waals surface area (Å²) in [5.41, 5.74) is 2.68. The van der Waals surface area contributed by atoms with Crippen molar-refractivity contribution in [1.29, 1.82) is 0 Å². The summed E-state index contributed by atoms with van der Waals surface area (Å²) in [6, 6.07) is 22.9. The topological polar surface area (TPSA) is 58.6 Å². The van der Waals surface area contributed by atoms with Gasteiger partial charge in [0.2, 0.25) is 0 Å². The summed E-state index contributed by atoms with van der Waals surface area (Å²) in [5, 5.41) is 0. The second-order valence-electron chi connectivity index (χ2n) is 14.2. The Bertz CT molecular complexity index is 994. The molecule has 288 valence electrons. The molecule has 2 aromatic rings. The smallest absolute Gasteiger partial charge is 0.398 e. The van der Waals surface area contributed by atoms with Crippen molar-refractivity contribution >= 4 is 68.5 Å². The van der Waals surface area contributed by atoms with E-state index in [1.807, 2.05) is 6.07 Å². The molecule has 0 fully saturated rings. The van der Waals surface area contributed by atoms with Crippen LogP contribution in [0.25, 0.3) is 0 Å². The lowest BCUT2D eigenvalue weighted by molar-refractivity contribution is 0.122. The predicted molar refractivity (Wildman–Crippen MR) is 229 cm³/mol. The van der Waals surface area contributed by atoms with Crippen LogP contribution < -0.4 is 4.57 Å². The summed E-state index contributed by atoms with van der Waals surface area (Å²) >= 11 is 11.3. The van der Waals surface area contributed by atoms with Gasteiger partial charge >= 0.3 is 17.6 Å². The van der Waals surface area contributed by atoms with Crippen molar-refractivity contribution in [3.8, 4) is 0 Å². The van der Waals surface area contributed by atoms with Crippen LogP contribution in [0.15, 0.2) is 60.7 Å². The molecular weight excluding hydrogens is 742 g/mol. The minimum Gasteiger partial charge on any atom is -0.398 e. The molecule has 0 aliphatic carbocycles. The number of para-hydroxylation sites is 1. The Kier molecular flexibility index (Phi) is 29.5. The van der Waals surface area contributed by atoms with E-state index in [0.717, 1.165) is 44.3 Å². The number of hydrogen-bond acceptors (Lipinski definition) is 7. The molecule has 0 unspecified atom stereocenters. The van der Waals surface area contributed by atoms with E-state index >= 15 is 0 Å². The Morgan fingerprint density at radius 3 is 1.16 bits per heavy atom. The highest BCUT2D eigenvalue weighted by Gasteiger charge is 2.38. The van der Waals surface area contributed by atoms with Crippen molar-refractivity contribution in [2.45, 2.75) is 104 Å². The highest BCUT2D eigenvalue weighted by Crippen LogP contribution is 2.24. The van der Waals surface area contributed by atoms with Crippen LogP contribution >= 0.6 is 22.2 Å². The molecule has 0 aliphatic rings. The van der Waals surface area contributed by atoms with Gasteiger partial charge in [0.05, 0.1) is 0 Å². The summed E-state index contributed by atoms with van der Waals surface area (Å²) < 4.78 is 35.2. The number of halogens is 2. The Morgan fingerprint density at radius 1 is 0.510 bits per heavy atom. The van der Waals surface area contributed by atoms with Crippen LogP contribution in [0.2, 0.25) is 71.0 Å². The van der Waals surface area contributed by atoms with Gasteiger partial charge in [-0.2, -0.15) is 22.2 Å². The first-order valence-electron chi connectivity index (χ1n) is 16.7. The van der Waals surface area contributed by atoms with Crippen molar-refractivity contribution < 1.29 is 26.6 Å². The predicted octanol–water partition coefficient (Wildman–Crippen LogP) is 11.2. The summed E-state index contributed by atoms with van der Waals surface area (Å²) in [7, 11) is 1.49. The van der Waals surface area contributed by atoms with E-state index in [-0.39, 0.29) is 7.43 Å². The average Bonchev–Trinajstić information content (AvgIpc) is 3.01. The quantitative estimate of drug-likeness (QED) is 0.0895. The second-order valence-corrected chi connectivity index (χ2v) is 40.3. The van der Waals surface area contributed by atoms with Gasteiger partial charge in [-0.1, -0.05) is 115 Å². The maximum Gasteiger partial charge on any atom is 0.500 e. The first-order valence-corrected chi connectivity index (χ1v) is 33.0. The molecule has 0 N–H and O–H groups in total. The monoisotopic (exact) mass is 813 g/mol. The number of benzene rings is 2. The molecule has 0 atom stereocenters. The summed E-state index contributed by atoms with van der Waals surface area (Å²) in [5.74, 6) is 0. The summed E-state index contributed by atoms with van der Waals surface area (Å²) in [6.07, 6.45) is 4.30. The third-order valence-corrected chi connectivity index (χ3v) is 14.4. The molecule has 0 saturated carbocycles. The van der Waals surface area contributed by atoms with Crippen LogP contribution in [0.3, 0.4) is 0 Å². The van der Waals surface area contributed by atoms with E-state index in [1.165, 1.54) is 11.3 Å². The maximum absolute atomic E-state index is 5.67. The molecule has 0 amide bonds. The lowest BCUT2D eigenvalue weighted by atomic mass is 10.1. The van der Waals surface area contributed by atoms with Crippen molar-refractivity contribution in [1.82, 2.24) is 0 Å². The standard InChI is InChI=1S/C15H29NO3Si2.C13H22O3Si.2C3H9ClSi.CH4/c1-17-21(18-2,19-3)14-10-13-16(20(4,5)6)15-11-8-7-9-12-15;1-14-17(15-2,16-3)12-8-7-11-13-9-5-4-6-10-13;2*1-5(2,3)4;/h7-9,11-12H,10,13-14H2,1-6H3;4-6,9-10H,7-8,11-12H2,1-3H3;2*1-3H3;1H4. The highest BCUT2D eigenvalue weighted by atomic mass is 35.6. The lowest BCUT2D eigenvalue weighted by Crippen LogP contribution is -2.48. The zero-order chi connectivity index (χ0) is 37.5. The molecule has 0 saturated heterocycles. The van der Waals surface area contributed by atoms with Crippen LogP contribution in [0.5, 0.6) is 0 Å². The van der Waals surface area contributed by atoms with E-state index in [0.29, 0.717) is 0 Å². The average molecular weight is 815 g/mol. The zero-order valence-electron chi connectivity index (χ0n) is 32.9.